The molecule has 0 bridgehead atoms. The molecule has 1 N–H and O–H groups in total. The molecule has 2 aromatic carbocycles. The molecular formula is C24H27NO8. The Morgan fingerprint density at radius 3 is 2.18 bits per heavy atom. The van der Waals surface area contributed by atoms with Crippen LogP contribution in [0.4, 0.5) is 0 Å². The van der Waals surface area contributed by atoms with Crippen LogP contribution in [0.2, 0.25) is 0 Å². The van der Waals surface area contributed by atoms with Gasteiger partial charge in [0, 0.05) is 4.92 Å². The van der Waals surface area contributed by atoms with Gasteiger partial charge in [-0.1, -0.05) is 36.4 Å². The number of esters is 1. The molecule has 0 unspecified atom stereocenters. The fourth-order valence-corrected chi connectivity index (χ4v) is 5.09. The first-order chi connectivity index (χ1) is 15.7. The molecule has 2 aromatic rings. The van der Waals surface area contributed by atoms with Crippen LogP contribution in [0.15, 0.2) is 48.5 Å². The summed E-state index contributed by atoms with van der Waals surface area (Å²) < 4.78 is 15.6. The average Bonchev–Trinajstić information content (AvgIpc) is 2.82. The van der Waals surface area contributed by atoms with Crippen LogP contribution < -0.4 is 9.47 Å². The van der Waals surface area contributed by atoms with Crippen molar-refractivity contribution in [1.82, 2.24) is 0 Å². The van der Waals surface area contributed by atoms with Gasteiger partial charge < -0.3 is 24.1 Å². The van der Waals surface area contributed by atoms with Crippen molar-refractivity contribution in [3.8, 4) is 11.5 Å². The molecule has 1 saturated carbocycles. The molecule has 1 aliphatic rings. The number of nitro groups is 1. The molecule has 0 heterocycles. The van der Waals surface area contributed by atoms with Gasteiger partial charge in [-0.3, -0.25) is 14.9 Å². The highest BCUT2D eigenvalue weighted by atomic mass is 16.6. The molecule has 9 heteroatoms. The van der Waals surface area contributed by atoms with Gasteiger partial charge in [0.1, 0.15) is 6.29 Å². The van der Waals surface area contributed by atoms with Crippen molar-refractivity contribution in [1.29, 1.82) is 0 Å². The summed E-state index contributed by atoms with van der Waals surface area (Å²) >= 11 is 0. The van der Waals surface area contributed by atoms with E-state index in [-0.39, 0.29) is 0 Å². The van der Waals surface area contributed by atoms with Crippen LogP contribution in [0, 0.1) is 22.0 Å². The van der Waals surface area contributed by atoms with Gasteiger partial charge in [-0.05, 0) is 30.2 Å². The number of hydrogen-bond donors (Lipinski definition) is 1. The summed E-state index contributed by atoms with van der Waals surface area (Å²) in [5.41, 5.74) is -1.03. The first-order valence-electron chi connectivity index (χ1n) is 10.4. The van der Waals surface area contributed by atoms with Crippen LogP contribution in [-0.2, 0) is 14.3 Å². The molecule has 0 saturated heterocycles. The molecular weight excluding hydrogens is 430 g/mol. The van der Waals surface area contributed by atoms with Gasteiger partial charge in [0.2, 0.25) is 6.04 Å². The Hall–Kier alpha value is -3.46. The van der Waals surface area contributed by atoms with Gasteiger partial charge >= 0.3 is 5.97 Å². The SMILES string of the molecule is COC(=O)[C@H]1[C@H](c2ccc(OC)c(OC)c2)[C@H]([N+](=O)[O-])[C@H](c2ccccc2)[C@@H](C=O)[C@@]1(C)O. The Bertz CT molecular complexity index is 1020. The number of carbonyl (C=O) groups excluding carboxylic acids is 2. The normalized spacial score (nSPS) is 29.1. The predicted molar refractivity (Wildman–Crippen MR) is 118 cm³/mol. The molecule has 0 amide bonds. The lowest BCUT2D eigenvalue weighted by Crippen LogP contribution is -2.61. The molecule has 0 aliphatic heterocycles. The summed E-state index contributed by atoms with van der Waals surface area (Å²) in [6.07, 6.45) is 0.495. The lowest BCUT2D eigenvalue weighted by molar-refractivity contribution is -0.539. The molecule has 0 spiro atoms. The largest absolute Gasteiger partial charge is 0.493 e. The molecule has 1 aliphatic carbocycles. The molecule has 0 radical (unpaired) electrons. The van der Waals surface area contributed by atoms with E-state index in [1.807, 2.05) is 0 Å². The molecule has 3 rings (SSSR count). The highest BCUT2D eigenvalue weighted by Gasteiger charge is 2.64. The van der Waals surface area contributed by atoms with Crippen LogP contribution in [0.5, 0.6) is 11.5 Å². The van der Waals surface area contributed by atoms with E-state index < -0.39 is 46.2 Å². The van der Waals surface area contributed by atoms with E-state index >= 15 is 0 Å². The summed E-state index contributed by atoms with van der Waals surface area (Å²) in [6, 6.07) is 11.8. The van der Waals surface area contributed by atoms with Crippen molar-refractivity contribution in [3.05, 3.63) is 69.8 Å². The van der Waals surface area contributed by atoms with Crippen molar-refractivity contribution in [2.75, 3.05) is 21.3 Å². The van der Waals surface area contributed by atoms with E-state index in [0.717, 1.165) is 7.11 Å². The minimum Gasteiger partial charge on any atom is -0.493 e. The average molecular weight is 457 g/mol. The molecule has 9 nitrogen and oxygen atoms in total. The Morgan fingerprint density at radius 2 is 1.67 bits per heavy atom. The summed E-state index contributed by atoms with van der Waals surface area (Å²) in [5, 5.41) is 24.1. The van der Waals surface area contributed by atoms with Gasteiger partial charge in [0.15, 0.2) is 11.5 Å². The highest BCUT2D eigenvalue weighted by molar-refractivity contribution is 5.78. The zero-order valence-corrected chi connectivity index (χ0v) is 18.8. The maximum atomic E-state index is 12.9. The lowest BCUT2D eigenvalue weighted by Gasteiger charge is -2.49. The Morgan fingerprint density at radius 1 is 1.03 bits per heavy atom. The monoisotopic (exact) mass is 457 g/mol. The number of hydrogen-bond acceptors (Lipinski definition) is 8. The third kappa shape index (κ3) is 4.16. The summed E-state index contributed by atoms with van der Waals surface area (Å²) in [5.74, 6) is -4.85. The maximum Gasteiger partial charge on any atom is 0.312 e. The molecule has 176 valence electrons. The van der Waals surface area contributed by atoms with Gasteiger partial charge in [-0.2, -0.15) is 0 Å². The number of ether oxygens (including phenoxy) is 3. The van der Waals surface area contributed by atoms with Crippen LogP contribution >= 0.6 is 0 Å². The predicted octanol–water partition coefficient (Wildman–Crippen LogP) is 2.59. The Kier molecular flexibility index (Phi) is 7.02. The van der Waals surface area contributed by atoms with Crippen molar-refractivity contribution in [2.45, 2.75) is 30.4 Å². The van der Waals surface area contributed by atoms with Crippen molar-refractivity contribution >= 4 is 12.3 Å². The van der Waals surface area contributed by atoms with Crippen molar-refractivity contribution in [3.63, 3.8) is 0 Å². The zero-order chi connectivity index (χ0) is 24.3. The first kappa shape index (κ1) is 24.2. The molecule has 33 heavy (non-hydrogen) atoms. The van der Waals surface area contributed by atoms with Crippen LogP contribution in [0.1, 0.15) is 29.9 Å². The molecule has 0 aromatic heterocycles. The topological polar surface area (TPSA) is 125 Å². The Labute approximate surface area is 191 Å². The number of aliphatic hydroxyl groups is 1. The second kappa shape index (κ2) is 9.58. The standard InChI is InChI=1S/C24H27NO8/c1-24(28)16(13-26)19(14-8-6-5-7-9-14)22(25(29)30)20(21(24)23(27)33-4)15-10-11-17(31-2)18(12-15)32-3/h5-13,16,19-22,28H,1-4H3/t16-,19-,20+,21-,22-,24-/m1/s1. The third-order valence-corrected chi connectivity index (χ3v) is 6.61. The summed E-state index contributed by atoms with van der Waals surface area (Å²) in [4.78, 5) is 37.2. The van der Waals surface area contributed by atoms with E-state index in [1.54, 1.807) is 48.5 Å². The van der Waals surface area contributed by atoms with Crippen molar-refractivity contribution in [2.24, 2.45) is 11.8 Å². The Balaban J connectivity index is 2.33. The quantitative estimate of drug-likeness (QED) is 0.291. The van der Waals surface area contributed by atoms with Crippen LogP contribution in [-0.4, -0.2) is 55.3 Å². The lowest BCUT2D eigenvalue weighted by atomic mass is 9.55. The van der Waals surface area contributed by atoms with Gasteiger partial charge in [-0.25, -0.2) is 0 Å². The third-order valence-electron chi connectivity index (χ3n) is 6.61. The fraction of sp³-hybridized carbons (Fsp3) is 0.417. The van der Waals surface area contributed by atoms with E-state index in [1.165, 1.54) is 21.1 Å². The number of aldehydes is 1. The number of rotatable bonds is 7. The highest BCUT2D eigenvalue weighted by Crippen LogP contribution is 2.54. The van der Waals surface area contributed by atoms with Gasteiger partial charge in [0.25, 0.3) is 0 Å². The number of methoxy groups -OCH3 is 3. The smallest absolute Gasteiger partial charge is 0.312 e. The fourth-order valence-electron chi connectivity index (χ4n) is 5.09. The van der Waals surface area contributed by atoms with Crippen LogP contribution in [0.25, 0.3) is 0 Å². The van der Waals surface area contributed by atoms with Crippen LogP contribution in [0.3, 0.4) is 0 Å². The van der Waals surface area contributed by atoms with E-state index in [0.29, 0.717) is 28.9 Å². The summed E-state index contributed by atoms with van der Waals surface area (Å²) in [6.45, 7) is 1.35. The van der Waals surface area contributed by atoms with Crippen molar-refractivity contribution < 1.29 is 33.8 Å². The van der Waals surface area contributed by atoms with Gasteiger partial charge in [-0.15, -0.1) is 0 Å². The summed E-state index contributed by atoms with van der Waals surface area (Å²) in [7, 11) is 4.03. The number of nitrogens with zero attached hydrogens (tertiary/aromatic N) is 1. The van der Waals surface area contributed by atoms with E-state index in [9.17, 15) is 24.8 Å². The minimum absolute atomic E-state index is 0.314. The number of carbonyl (C=O) groups is 2. The number of benzene rings is 2. The second-order valence-corrected chi connectivity index (χ2v) is 8.24. The van der Waals surface area contributed by atoms with Gasteiger partial charge in [0.05, 0.1) is 50.6 Å². The molecule has 1 fully saturated rings. The molecule has 6 atom stereocenters. The second-order valence-electron chi connectivity index (χ2n) is 8.24. The van der Waals surface area contributed by atoms with E-state index in [2.05, 4.69) is 0 Å². The first-order valence-corrected chi connectivity index (χ1v) is 10.4. The van der Waals surface area contributed by atoms with E-state index in [4.69, 9.17) is 14.2 Å². The maximum absolute atomic E-state index is 12.9. The zero-order valence-electron chi connectivity index (χ0n) is 18.8. The minimum atomic E-state index is -1.93.